The van der Waals surface area contributed by atoms with Gasteiger partial charge in [0.25, 0.3) is 5.91 Å². The molecule has 0 atom stereocenters. The zero-order valence-corrected chi connectivity index (χ0v) is 16.5. The zero-order chi connectivity index (χ0) is 22.3. The highest BCUT2D eigenvalue weighted by molar-refractivity contribution is 6.34. The van der Waals surface area contributed by atoms with Crippen LogP contribution < -0.4 is 5.32 Å². The van der Waals surface area contributed by atoms with Crippen molar-refractivity contribution < 1.29 is 22.4 Å². The largest absolute Gasteiger partial charge is 0.416 e. The van der Waals surface area contributed by atoms with Gasteiger partial charge in [-0.25, -0.2) is 8.91 Å². The number of halogens is 5. The number of hydrogen-bond donors (Lipinski definition) is 1. The summed E-state index contributed by atoms with van der Waals surface area (Å²) in [6.45, 7) is 1.56. The Labute approximate surface area is 177 Å². The number of aryl methyl sites for hydroxylation is 1. The van der Waals surface area contributed by atoms with Gasteiger partial charge in [-0.15, -0.1) is 10.2 Å². The monoisotopic (exact) mass is 449 g/mol. The number of nitrogens with zero attached hydrogens (tertiary/aromatic N) is 4. The minimum Gasteiger partial charge on any atom is -0.319 e. The molecule has 0 aliphatic rings. The lowest BCUT2D eigenvalue weighted by molar-refractivity contribution is -0.137. The normalized spacial score (nSPS) is 11.7. The van der Waals surface area contributed by atoms with Gasteiger partial charge in [0.2, 0.25) is 0 Å². The lowest BCUT2D eigenvalue weighted by atomic mass is 10.1. The molecule has 158 valence electrons. The molecule has 2 aromatic heterocycles. The summed E-state index contributed by atoms with van der Waals surface area (Å²) < 4.78 is 53.4. The molecule has 31 heavy (non-hydrogen) atoms. The topological polar surface area (TPSA) is 72.2 Å². The second kappa shape index (κ2) is 7.62. The minimum absolute atomic E-state index is 0.0641. The Morgan fingerprint density at radius 3 is 2.48 bits per heavy atom. The van der Waals surface area contributed by atoms with Gasteiger partial charge in [-0.05, 0) is 42.8 Å². The number of carbonyl (C=O) groups is 1. The molecule has 1 amide bonds. The Bertz CT molecular complexity index is 1300. The lowest BCUT2D eigenvalue weighted by Gasteiger charge is -2.12. The molecule has 0 aliphatic heterocycles. The van der Waals surface area contributed by atoms with E-state index in [0.717, 1.165) is 18.2 Å². The molecule has 2 heterocycles. The lowest BCUT2D eigenvalue weighted by Crippen LogP contribution is -2.19. The summed E-state index contributed by atoms with van der Waals surface area (Å²) in [7, 11) is 0. The van der Waals surface area contributed by atoms with Crippen molar-refractivity contribution in [2.75, 3.05) is 5.32 Å². The third kappa shape index (κ3) is 3.93. The molecule has 0 saturated carbocycles. The number of fused-ring (bicyclic) bond motifs is 1. The molecule has 11 heteroatoms. The van der Waals surface area contributed by atoms with Crippen LogP contribution in [0.1, 0.15) is 21.7 Å². The summed E-state index contributed by atoms with van der Waals surface area (Å²) in [5.74, 6) is -1.19. The second-order valence-electron chi connectivity index (χ2n) is 6.58. The number of carbonyl (C=O) groups excluding carboxylic acids is 1. The predicted molar refractivity (Wildman–Crippen MR) is 105 cm³/mol. The molecule has 6 nitrogen and oxygen atoms in total. The van der Waals surface area contributed by atoms with Crippen molar-refractivity contribution in [3.63, 3.8) is 0 Å². The number of nitrogens with one attached hydrogen (secondary N) is 1. The first kappa shape index (κ1) is 20.7. The van der Waals surface area contributed by atoms with E-state index in [1.165, 1.54) is 22.8 Å². The predicted octanol–water partition coefficient (Wildman–Crippen LogP) is 5.16. The number of hydrogen-bond acceptors (Lipinski definition) is 4. The number of aromatic nitrogens is 4. The Kier molecular flexibility index (Phi) is 5.10. The first-order valence-electron chi connectivity index (χ1n) is 8.80. The molecule has 0 bridgehead atoms. The van der Waals surface area contributed by atoms with Crippen LogP contribution >= 0.6 is 11.6 Å². The van der Waals surface area contributed by atoms with Gasteiger partial charge in [0, 0.05) is 5.56 Å². The van der Waals surface area contributed by atoms with E-state index >= 15 is 0 Å². The highest BCUT2D eigenvalue weighted by Crippen LogP contribution is 2.34. The molecule has 4 rings (SSSR count). The first-order valence-corrected chi connectivity index (χ1v) is 9.18. The van der Waals surface area contributed by atoms with Crippen LogP contribution in [0, 0.1) is 12.7 Å². The maximum absolute atomic E-state index is 13.2. The van der Waals surface area contributed by atoms with Crippen LogP contribution in [-0.2, 0) is 6.18 Å². The maximum atomic E-state index is 13.2. The summed E-state index contributed by atoms with van der Waals surface area (Å²) in [6.07, 6.45) is -3.10. The fourth-order valence-corrected chi connectivity index (χ4v) is 3.14. The Balaban J connectivity index is 1.68. The van der Waals surface area contributed by atoms with Gasteiger partial charge >= 0.3 is 6.18 Å². The van der Waals surface area contributed by atoms with Gasteiger partial charge in [0.15, 0.2) is 11.3 Å². The standard InChI is InChI=1S/C20H12ClF4N5O/c1-10-17(19(31)27-16-8-12(20(23,24)25)4-7-15(16)21)28-29-18-14(9-26-30(10)18)11-2-5-13(22)6-3-11/h2-9H,1H3,(H,27,31). The number of alkyl halides is 3. The smallest absolute Gasteiger partial charge is 0.319 e. The molecule has 0 radical (unpaired) electrons. The summed E-state index contributed by atoms with van der Waals surface area (Å²) in [5, 5.41) is 14.4. The van der Waals surface area contributed by atoms with E-state index in [1.807, 2.05) is 0 Å². The SMILES string of the molecule is Cc1c(C(=O)Nc2cc(C(F)(F)F)ccc2Cl)nnc2c(-c3ccc(F)cc3)cnn12. The van der Waals surface area contributed by atoms with Gasteiger partial charge in [-0.1, -0.05) is 23.7 Å². The van der Waals surface area contributed by atoms with E-state index in [0.29, 0.717) is 22.5 Å². The summed E-state index contributed by atoms with van der Waals surface area (Å²) in [6, 6.07) is 8.29. The van der Waals surface area contributed by atoms with Crippen molar-refractivity contribution in [2.45, 2.75) is 13.1 Å². The van der Waals surface area contributed by atoms with E-state index < -0.39 is 23.5 Å². The maximum Gasteiger partial charge on any atom is 0.416 e. The van der Waals surface area contributed by atoms with E-state index in [1.54, 1.807) is 19.1 Å². The van der Waals surface area contributed by atoms with E-state index in [-0.39, 0.29) is 16.4 Å². The third-order valence-electron chi connectivity index (χ3n) is 4.56. The van der Waals surface area contributed by atoms with Crippen LogP contribution in [0.25, 0.3) is 16.8 Å². The molecule has 0 saturated heterocycles. The molecule has 0 aliphatic carbocycles. The summed E-state index contributed by atoms with van der Waals surface area (Å²) in [5.41, 5.74) is 0.546. The van der Waals surface area contributed by atoms with E-state index in [4.69, 9.17) is 11.6 Å². The molecule has 2 aromatic carbocycles. The van der Waals surface area contributed by atoms with Crippen LogP contribution in [0.15, 0.2) is 48.7 Å². The molecule has 0 spiro atoms. The van der Waals surface area contributed by atoms with E-state index in [2.05, 4.69) is 20.6 Å². The minimum atomic E-state index is -4.59. The molecule has 0 fully saturated rings. The molecular weight excluding hydrogens is 438 g/mol. The number of amides is 1. The van der Waals surface area contributed by atoms with Gasteiger partial charge in [0.1, 0.15) is 5.82 Å². The Morgan fingerprint density at radius 1 is 1.10 bits per heavy atom. The highest BCUT2D eigenvalue weighted by Gasteiger charge is 2.31. The molecule has 0 unspecified atom stereocenters. The van der Waals surface area contributed by atoms with Gasteiger partial charge in [0.05, 0.1) is 28.2 Å². The van der Waals surface area contributed by atoms with Crippen LogP contribution in [0.5, 0.6) is 0 Å². The molecule has 1 N–H and O–H groups in total. The average molecular weight is 450 g/mol. The van der Waals surface area contributed by atoms with Crippen molar-refractivity contribution in [3.8, 4) is 11.1 Å². The van der Waals surface area contributed by atoms with Crippen molar-refractivity contribution in [1.29, 1.82) is 0 Å². The summed E-state index contributed by atoms with van der Waals surface area (Å²) >= 11 is 5.93. The van der Waals surface area contributed by atoms with Gasteiger partial charge in [-0.3, -0.25) is 4.79 Å². The van der Waals surface area contributed by atoms with Crippen LogP contribution in [0.2, 0.25) is 5.02 Å². The fourth-order valence-electron chi connectivity index (χ4n) is 2.98. The van der Waals surface area contributed by atoms with Crippen molar-refractivity contribution >= 4 is 28.8 Å². The quantitative estimate of drug-likeness (QED) is 0.438. The number of anilines is 1. The number of benzene rings is 2. The summed E-state index contributed by atoms with van der Waals surface area (Å²) in [4.78, 5) is 12.7. The Morgan fingerprint density at radius 2 is 1.81 bits per heavy atom. The zero-order valence-electron chi connectivity index (χ0n) is 15.7. The molecule has 4 aromatic rings. The average Bonchev–Trinajstić information content (AvgIpc) is 3.14. The van der Waals surface area contributed by atoms with Crippen LogP contribution in [0.4, 0.5) is 23.2 Å². The second-order valence-corrected chi connectivity index (χ2v) is 6.99. The van der Waals surface area contributed by atoms with Crippen molar-refractivity contribution in [3.05, 3.63) is 76.5 Å². The highest BCUT2D eigenvalue weighted by atomic mass is 35.5. The van der Waals surface area contributed by atoms with Gasteiger partial charge < -0.3 is 5.32 Å². The first-order chi connectivity index (χ1) is 14.6. The van der Waals surface area contributed by atoms with Gasteiger partial charge in [-0.2, -0.15) is 18.3 Å². The Hall–Kier alpha value is -3.53. The number of rotatable bonds is 3. The molecular formula is C20H12ClF4N5O. The van der Waals surface area contributed by atoms with Crippen LogP contribution in [-0.4, -0.2) is 25.7 Å². The van der Waals surface area contributed by atoms with E-state index in [9.17, 15) is 22.4 Å². The van der Waals surface area contributed by atoms with Crippen molar-refractivity contribution in [1.82, 2.24) is 19.8 Å². The fraction of sp³-hybridized carbons (Fsp3) is 0.100. The third-order valence-corrected chi connectivity index (χ3v) is 4.89. The van der Waals surface area contributed by atoms with Crippen LogP contribution in [0.3, 0.4) is 0 Å². The van der Waals surface area contributed by atoms with Crippen molar-refractivity contribution in [2.24, 2.45) is 0 Å².